The standard InChI is InChI=1S/C16H12O4/c1-2-19-16(18)14-9-13(17)12-8-7-10-5-3-4-6-11(10)15(12)20-14/h3-9H,2H2,1H3. The molecule has 0 unspecified atom stereocenters. The first-order valence-electron chi connectivity index (χ1n) is 6.33. The summed E-state index contributed by atoms with van der Waals surface area (Å²) in [5.74, 6) is -0.694. The molecule has 100 valence electrons. The van der Waals surface area contributed by atoms with Gasteiger partial charge in [-0.15, -0.1) is 0 Å². The first-order valence-corrected chi connectivity index (χ1v) is 6.33. The van der Waals surface area contributed by atoms with Crippen molar-refractivity contribution in [3.05, 3.63) is 58.4 Å². The van der Waals surface area contributed by atoms with Gasteiger partial charge in [0.2, 0.25) is 5.76 Å². The first-order chi connectivity index (χ1) is 9.70. The van der Waals surface area contributed by atoms with Crippen molar-refractivity contribution in [1.29, 1.82) is 0 Å². The van der Waals surface area contributed by atoms with Gasteiger partial charge in [-0.05, 0) is 18.4 Å². The monoisotopic (exact) mass is 268 g/mol. The van der Waals surface area contributed by atoms with Gasteiger partial charge in [0.05, 0.1) is 12.0 Å². The van der Waals surface area contributed by atoms with Crippen molar-refractivity contribution in [2.75, 3.05) is 6.61 Å². The molecule has 4 nitrogen and oxygen atoms in total. The van der Waals surface area contributed by atoms with Crippen molar-refractivity contribution in [2.45, 2.75) is 6.92 Å². The Balaban J connectivity index is 2.35. The molecule has 20 heavy (non-hydrogen) atoms. The van der Waals surface area contributed by atoms with E-state index in [0.29, 0.717) is 11.0 Å². The van der Waals surface area contributed by atoms with E-state index in [1.807, 2.05) is 30.3 Å². The smallest absolute Gasteiger partial charge is 0.374 e. The zero-order valence-electron chi connectivity index (χ0n) is 10.9. The summed E-state index contributed by atoms with van der Waals surface area (Å²) in [6, 6.07) is 12.3. The van der Waals surface area contributed by atoms with Gasteiger partial charge < -0.3 is 9.15 Å². The van der Waals surface area contributed by atoms with Crippen LogP contribution in [-0.4, -0.2) is 12.6 Å². The molecule has 0 saturated carbocycles. The number of fused-ring (bicyclic) bond motifs is 3. The van der Waals surface area contributed by atoms with Crippen molar-refractivity contribution < 1.29 is 13.9 Å². The van der Waals surface area contributed by atoms with Crippen molar-refractivity contribution in [3.63, 3.8) is 0 Å². The molecule has 0 aliphatic carbocycles. The maximum absolute atomic E-state index is 12.1. The molecule has 4 heteroatoms. The number of esters is 1. The van der Waals surface area contributed by atoms with Gasteiger partial charge in [0, 0.05) is 11.5 Å². The van der Waals surface area contributed by atoms with E-state index < -0.39 is 5.97 Å². The van der Waals surface area contributed by atoms with Crippen LogP contribution in [0.2, 0.25) is 0 Å². The third kappa shape index (κ3) is 1.95. The Hall–Kier alpha value is -2.62. The number of ether oxygens (including phenoxy) is 1. The lowest BCUT2D eigenvalue weighted by atomic mass is 10.1. The van der Waals surface area contributed by atoms with Crippen LogP contribution in [0.15, 0.2) is 51.7 Å². The van der Waals surface area contributed by atoms with Crippen molar-refractivity contribution >= 4 is 27.7 Å². The average Bonchev–Trinajstić information content (AvgIpc) is 2.47. The molecule has 0 aliphatic rings. The lowest BCUT2D eigenvalue weighted by molar-refractivity contribution is 0.0491. The minimum atomic E-state index is -0.626. The summed E-state index contributed by atoms with van der Waals surface area (Å²) in [7, 11) is 0. The Bertz CT molecular complexity index is 861. The molecule has 0 spiro atoms. The Labute approximate surface area is 114 Å². The highest BCUT2D eigenvalue weighted by Crippen LogP contribution is 2.24. The summed E-state index contributed by atoms with van der Waals surface area (Å²) in [6.45, 7) is 1.93. The molecule has 1 heterocycles. The highest BCUT2D eigenvalue weighted by atomic mass is 16.5. The normalized spacial score (nSPS) is 10.8. The topological polar surface area (TPSA) is 56.5 Å². The van der Waals surface area contributed by atoms with Gasteiger partial charge >= 0.3 is 5.97 Å². The lowest BCUT2D eigenvalue weighted by Crippen LogP contribution is -2.10. The molecule has 0 bridgehead atoms. The van der Waals surface area contributed by atoms with Crippen LogP contribution in [0, 0.1) is 0 Å². The van der Waals surface area contributed by atoms with Gasteiger partial charge in [-0.2, -0.15) is 0 Å². The van der Waals surface area contributed by atoms with E-state index in [1.165, 1.54) is 6.07 Å². The summed E-state index contributed by atoms with van der Waals surface area (Å²) >= 11 is 0. The van der Waals surface area contributed by atoms with Gasteiger partial charge in [0.1, 0.15) is 5.58 Å². The molecule has 0 saturated heterocycles. The molecule has 1 aromatic heterocycles. The molecule has 2 aromatic carbocycles. The maximum atomic E-state index is 12.1. The van der Waals surface area contributed by atoms with E-state index in [4.69, 9.17) is 9.15 Å². The van der Waals surface area contributed by atoms with E-state index in [0.717, 1.165) is 10.8 Å². The number of hydrogen-bond acceptors (Lipinski definition) is 4. The molecule has 0 amide bonds. The van der Waals surface area contributed by atoms with Gasteiger partial charge in [0.15, 0.2) is 5.43 Å². The Morgan fingerprint density at radius 2 is 1.95 bits per heavy atom. The van der Waals surface area contributed by atoms with E-state index >= 15 is 0 Å². The predicted molar refractivity (Wildman–Crippen MR) is 75.9 cm³/mol. The fourth-order valence-electron chi connectivity index (χ4n) is 2.19. The molecule has 0 radical (unpaired) electrons. The second-order valence-corrected chi connectivity index (χ2v) is 4.36. The summed E-state index contributed by atoms with van der Waals surface area (Å²) < 4.78 is 10.5. The number of hydrogen-bond donors (Lipinski definition) is 0. The molecule has 0 aliphatic heterocycles. The Kier molecular flexibility index (Phi) is 2.99. The Morgan fingerprint density at radius 3 is 2.75 bits per heavy atom. The summed E-state index contributed by atoms with van der Waals surface area (Å²) in [6.07, 6.45) is 0. The van der Waals surface area contributed by atoms with Crippen LogP contribution in [-0.2, 0) is 4.74 Å². The van der Waals surface area contributed by atoms with E-state index in [-0.39, 0.29) is 17.8 Å². The van der Waals surface area contributed by atoms with Crippen LogP contribution < -0.4 is 5.43 Å². The highest BCUT2D eigenvalue weighted by Gasteiger charge is 2.14. The quantitative estimate of drug-likeness (QED) is 0.529. The Morgan fingerprint density at radius 1 is 1.15 bits per heavy atom. The van der Waals surface area contributed by atoms with E-state index in [9.17, 15) is 9.59 Å². The molecule has 3 aromatic rings. The number of benzene rings is 2. The zero-order chi connectivity index (χ0) is 14.1. The molecule has 0 atom stereocenters. The maximum Gasteiger partial charge on any atom is 0.374 e. The van der Waals surface area contributed by atoms with Crippen LogP contribution in [0.4, 0.5) is 0 Å². The highest BCUT2D eigenvalue weighted by molar-refractivity contribution is 6.04. The SMILES string of the molecule is CCOC(=O)c1cc(=O)c2ccc3ccccc3c2o1. The molecular weight excluding hydrogens is 256 g/mol. The number of carbonyl (C=O) groups excluding carboxylic acids is 1. The van der Waals surface area contributed by atoms with Crippen LogP contribution in [0.3, 0.4) is 0 Å². The third-order valence-corrected chi connectivity index (χ3v) is 3.10. The summed E-state index contributed by atoms with van der Waals surface area (Å²) in [5, 5.41) is 2.20. The third-order valence-electron chi connectivity index (χ3n) is 3.10. The molecule has 3 rings (SSSR count). The predicted octanol–water partition coefficient (Wildman–Crippen LogP) is 3.12. The minimum Gasteiger partial charge on any atom is -0.460 e. The lowest BCUT2D eigenvalue weighted by Gasteiger charge is -2.05. The number of rotatable bonds is 2. The molecular formula is C16H12O4. The summed E-state index contributed by atoms with van der Waals surface area (Å²) in [5.41, 5.74) is 0.165. The van der Waals surface area contributed by atoms with Gasteiger partial charge in [-0.3, -0.25) is 4.79 Å². The van der Waals surface area contributed by atoms with Crippen LogP contribution >= 0.6 is 0 Å². The minimum absolute atomic E-state index is 0.0688. The first kappa shape index (κ1) is 12.4. The van der Waals surface area contributed by atoms with Crippen molar-refractivity contribution in [3.8, 4) is 0 Å². The van der Waals surface area contributed by atoms with Crippen molar-refractivity contribution in [1.82, 2.24) is 0 Å². The van der Waals surface area contributed by atoms with Crippen LogP contribution in [0.5, 0.6) is 0 Å². The fraction of sp³-hybridized carbons (Fsp3) is 0.125. The second-order valence-electron chi connectivity index (χ2n) is 4.36. The van der Waals surface area contributed by atoms with Gasteiger partial charge in [-0.25, -0.2) is 4.79 Å². The van der Waals surface area contributed by atoms with Crippen molar-refractivity contribution in [2.24, 2.45) is 0 Å². The fourth-order valence-corrected chi connectivity index (χ4v) is 2.19. The summed E-state index contributed by atoms with van der Waals surface area (Å²) in [4.78, 5) is 23.8. The van der Waals surface area contributed by atoms with E-state index in [2.05, 4.69) is 0 Å². The van der Waals surface area contributed by atoms with Gasteiger partial charge in [-0.1, -0.05) is 30.3 Å². The van der Waals surface area contributed by atoms with Crippen LogP contribution in [0.25, 0.3) is 21.7 Å². The zero-order valence-corrected chi connectivity index (χ0v) is 10.9. The second kappa shape index (κ2) is 4.81. The average molecular weight is 268 g/mol. The molecule has 0 fully saturated rings. The van der Waals surface area contributed by atoms with Gasteiger partial charge in [0.25, 0.3) is 0 Å². The number of carbonyl (C=O) groups is 1. The largest absolute Gasteiger partial charge is 0.460 e. The van der Waals surface area contributed by atoms with Crippen LogP contribution in [0.1, 0.15) is 17.5 Å². The van der Waals surface area contributed by atoms with E-state index in [1.54, 1.807) is 13.0 Å². The molecule has 0 N–H and O–H groups in total.